The Hall–Kier alpha value is -6.33. The number of aromatic hydroxyl groups is 1. The minimum absolute atomic E-state index is 0.170. The van der Waals surface area contributed by atoms with Gasteiger partial charge in [-0.25, -0.2) is 15.0 Å². The molecule has 0 aliphatic carbocycles. The third-order valence-electron chi connectivity index (χ3n) is 11.0. The Bertz CT molecular complexity index is 2760. The van der Waals surface area contributed by atoms with Crippen molar-refractivity contribution in [3.63, 3.8) is 0 Å². The first-order chi connectivity index (χ1) is 27.2. The van der Waals surface area contributed by atoms with Gasteiger partial charge in [0.05, 0.1) is 28.0 Å². The number of para-hydroxylation sites is 2. The molecule has 6 aromatic carbocycles. The van der Waals surface area contributed by atoms with Crippen LogP contribution in [0.2, 0.25) is 0 Å². The normalized spacial score (nSPS) is 12.0. The molecule has 0 aliphatic heterocycles. The van der Waals surface area contributed by atoms with Crippen molar-refractivity contribution >= 4 is 11.0 Å². The number of benzene rings is 6. The van der Waals surface area contributed by atoms with Crippen LogP contribution >= 0.6 is 0 Å². The number of nitrogens with zero attached hydrogens (tertiary/aromatic N) is 4. The summed E-state index contributed by atoms with van der Waals surface area (Å²) < 4.78 is 2.25. The molecule has 0 unspecified atom stereocenters. The number of phenols is 1. The maximum Gasteiger partial charge on any atom is 0.149 e. The van der Waals surface area contributed by atoms with Crippen LogP contribution in [-0.2, 0) is 10.8 Å². The van der Waals surface area contributed by atoms with E-state index in [-0.39, 0.29) is 16.6 Å². The van der Waals surface area contributed by atoms with Crippen molar-refractivity contribution in [2.75, 3.05) is 0 Å². The van der Waals surface area contributed by atoms with E-state index >= 15 is 0 Å². The fourth-order valence-electron chi connectivity index (χ4n) is 8.27. The van der Waals surface area contributed by atoms with Crippen LogP contribution in [0.15, 0.2) is 134 Å². The molecule has 2 heterocycles. The molecule has 0 saturated carbocycles. The van der Waals surface area contributed by atoms with Crippen LogP contribution in [0, 0.1) is 20.8 Å². The Morgan fingerprint density at radius 2 is 1.25 bits per heavy atom. The molecule has 284 valence electrons. The van der Waals surface area contributed by atoms with Crippen LogP contribution in [0.25, 0.3) is 72.7 Å². The van der Waals surface area contributed by atoms with Crippen molar-refractivity contribution < 1.29 is 5.11 Å². The molecular weight excluding hydrogens is 697 g/mol. The molecule has 0 saturated heterocycles. The summed E-state index contributed by atoms with van der Waals surface area (Å²) in [5, 5.41) is 12.4. The smallest absolute Gasteiger partial charge is 0.149 e. The van der Waals surface area contributed by atoms with Crippen molar-refractivity contribution in [3.8, 4) is 67.5 Å². The molecular formula is C52H50N4O. The van der Waals surface area contributed by atoms with Crippen molar-refractivity contribution in [1.82, 2.24) is 19.5 Å². The van der Waals surface area contributed by atoms with Gasteiger partial charge in [0.1, 0.15) is 17.9 Å². The maximum absolute atomic E-state index is 12.4. The van der Waals surface area contributed by atoms with Crippen molar-refractivity contribution in [2.45, 2.75) is 73.1 Å². The average Bonchev–Trinajstić information content (AvgIpc) is 3.57. The second kappa shape index (κ2) is 14.3. The van der Waals surface area contributed by atoms with Gasteiger partial charge >= 0.3 is 0 Å². The number of phenolic OH excluding ortho intramolecular Hbond substituents is 1. The van der Waals surface area contributed by atoms with Gasteiger partial charge in [-0.2, -0.15) is 0 Å². The van der Waals surface area contributed by atoms with Gasteiger partial charge in [0.15, 0.2) is 0 Å². The van der Waals surface area contributed by atoms with Crippen LogP contribution in [-0.4, -0.2) is 24.6 Å². The first-order valence-corrected chi connectivity index (χ1v) is 19.7. The van der Waals surface area contributed by atoms with E-state index in [9.17, 15) is 5.11 Å². The van der Waals surface area contributed by atoms with E-state index in [0.717, 1.165) is 66.9 Å². The molecule has 0 fully saturated rings. The van der Waals surface area contributed by atoms with Crippen LogP contribution in [0.1, 0.15) is 69.4 Å². The zero-order valence-corrected chi connectivity index (χ0v) is 34.4. The monoisotopic (exact) mass is 746 g/mol. The molecule has 0 spiro atoms. The third-order valence-corrected chi connectivity index (χ3v) is 11.0. The molecule has 8 aromatic rings. The van der Waals surface area contributed by atoms with Gasteiger partial charge in [-0.3, -0.25) is 4.57 Å². The second-order valence-electron chi connectivity index (χ2n) is 17.4. The first kappa shape index (κ1) is 37.6. The molecule has 57 heavy (non-hydrogen) atoms. The molecule has 8 rings (SSSR count). The summed E-state index contributed by atoms with van der Waals surface area (Å²) in [7, 11) is 0. The van der Waals surface area contributed by atoms with E-state index in [1.54, 1.807) is 12.5 Å². The van der Waals surface area contributed by atoms with Gasteiger partial charge < -0.3 is 5.11 Å². The molecule has 5 nitrogen and oxygen atoms in total. The molecule has 0 bridgehead atoms. The highest BCUT2D eigenvalue weighted by molar-refractivity contribution is 5.98. The SMILES string of the molecule is Cc1cc(C)c(-c2cc(-c3ccncn3)cc(-c3cccc4c3nc(-c3cc(C(C)(C)C)cc(C(C)(C)C)c3O)n4-c3ccccc3-c3ccccc3)c2)c(C)c1. The molecule has 0 atom stereocenters. The summed E-state index contributed by atoms with van der Waals surface area (Å²) in [6.45, 7) is 19.7. The van der Waals surface area contributed by atoms with Gasteiger partial charge in [-0.15, -0.1) is 0 Å². The minimum atomic E-state index is -0.311. The van der Waals surface area contributed by atoms with Crippen LogP contribution in [0.3, 0.4) is 0 Å². The number of aryl methyl sites for hydroxylation is 3. The third kappa shape index (κ3) is 7.03. The zero-order chi connectivity index (χ0) is 40.2. The van der Waals surface area contributed by atoms with E-state index in [4.69, 9.17) is 4.98 Å². The van der Waals surface area contributed by atoms with E-state index in [2.05, 4.69) is 186 Å². The van der Waals surface area contributed by atoms with Gasteiger partial charge in [0, 0.05) is 28.5 Å². The van der Waals surface area contributed by atoms with Crippen molar-refractivity contribution in [2.24, 2.45) is 0 Å². The highest BCUT2D eigenvalue weighted by atomic mass is 16.3. The number of imidazole rings is 1. The molecule has 0 amide bonds. The molecule has 5 heteroatoms. The summed E-state index contributed by atoms with van der Waals surface area (Å²) in [6.07, 6.45) is 3.40. The van der Waals surface area contributed by atoms with Crippen LogP contribution in [0.4, 0.5) is 0 Å². The largest absolute Gasteiger partial charge is 0.507 e. The number of fused-ring (bicyclic) bond motifs is 1. The summed E-state index contributed by atoms with van der Waals surface area (Å²) in [5.41, 5.74) is 17.1. The Kier molecular flexibility index (Phi) is 9.44. The highest BCUT2D eigenvalue weighted by Crippen LogP contribution is 2.46. The van der Waals surface area contributed by atoms with E-state index in [0.29, 0.717) is 11.4 Å². The second-order valence-corrected chi connectivity index (χ2v) is 17.4. The molecule has 0 radical (unpaired) electrons. The lowest BCUT2D eigenvalue weighted by atomic mass is 9.79. The fourth-order valence-corrected chi connectivity index (χ4v) is 8.27. The quantitative estimate of drug-likeness (QED) is 0.184. The Morgan fingerprint density at radius 3 is 1.93 bits per heavy atom. The summed E-state index contributed by atoms with van der Waals surface area (Å²) in [5.74, 6) is 0.941. The van der Waals surface area contributed by atoms with Crippen molar-refractivity contribution in [3.05, 3.63) is 162 Å². The van der Waals surface area contributed by atoms with Gasteiger partial charge in [-0.1, -0.05) is 126 Å². The minimum Gasteiger partial charge on any atom is -0.507 e. The Balaban J connectivity index is 1.48. The standard InChI is InChI=1S/C52H50N4O/c1-32-24-33(2)47(34(3)25-32)38-27-36(26-37(28-38)44-22-23-53-31-54-44)41-19-15-21-46-48(41)55-50(42-29-39(51(4,5)6)30-43(49(42)57)52(7,8)9)56(46)45-20-14-13-18-40(45)35-16-11-10-12-17-35/h10-31,57H,1-9H3. The van der Waals surface area contributed by atoms with Crippen molar-refractivity contribution in [1.29, 1.82) is 0 Å². The predicted octanol–water partition coefficient (Wildman–Crippen LogP) is 13.4. The predicted molar refractivity (Wildman–Crippen MR) is 237 cm³/mol. The fraction of sp³-hybridized carbons (Fsp3) is 0.212. The number of rotatable bonds is 6. The summed E-state index contributed by atoms with van der Waals surface area (Å²) >= 11 is 0. The van der Waals surface area contributed by atoms with Crippen LogP contribution < -0.4 is 0 Å². The zero-order valence-electron chi connectivity index (χ0n) is 34.4. The van der Waals surface area contributed by atoms with Gasteiger partial charge in [0.2, 0.25) is 0 Å². The van der Waals surface area contributed by atoms with Gasteiger partial charge in [0.25, 0.3) is 0 Å². The number of hydrogen-bond donors (Lipinski definition) is 1. The lowest BCUT2D eigenvalue weighted by Gasteiger charge is -2.27. The summed E-state index contributed by atoms with van der Waals surface area (Å²) in [4.78, 5) is 14.5. The lowest BCUT2D eigenvalue weighted by Crippen LogP contribution is -2.17. The van der Waals surface area contributed by atoms with Gasteiger partial charge in [-0.05, 0) is 113 Å². The Morgan fingerprint density at radius 1 is 0.579 bits per heavy atom. The highest BCUT2D eigenvalue weighted by Gasteiger charge is 2.29. The maximum atomic E-state index is 12.4. The topological polar surface area (TPSA) is 63.8 Å². The number of hydrogen-bond acceptors (Lipinski definition) is 4. The average molecular weight is 747 g/mol. The van der Waals surface area contributed by atoms with E-state index in [1.165, 1.54) is 22.3 Å². The molecule has 1 N–H and O–H groups in total. The number of aromatic nitrogens is 4. The molecule has 2 aromatic heterocycles. The summed E-state index contributed by atoms with van der Waals surface area (Å²) in [6, 6.07) is 42.9. The molecule has 0 aliphatic rings. The van der Waals surface area contributed by atoms with E-state index < -0.39 is 0 Å². The lowest BCUT2D eigenvalue weighted by molar-refractivity contribution is 0.446. The first-order valence-electron chi connectivity index (χ1n) is 19.7. The van der Waals surface area contributed by atoms with E-state index in [1.807, 2.05) is 12.1 Å². The Labute approximate surface area is 336 Å². The van der Waals surface area contributed by atoms with Crippen LogP contribution in [0.5, 0.6) is 5.75 Å².